The van der Waals surface area contributed by atoms with Crippen molar-refractivity contribution in [3.8, 4) is 11.5 Å². The van der Waals surface area contributed by atoms with Crippen molar-refractivity contribution >= 4 is 33.0 Å². The third-order valence-corrected chi connectivity index (χ3v) is 6.65. The van der Waals surface area contributed by atoms with Gasteiger partial charge in [-0.2, -0.15) is 0 Å². The minimum atomic E-state index is -0.545. The van der Waals surface area contributed by atoms with Crippen molar-refractivity contribution in [2.45, 2.75) is 25.4 Å². The van der Waals surface area contributed by atoms with Gasteiger partial charge in [0.05, 0.1) is 25.4 Å². The summed E-state index contributed by atoms with van der Waals surface area (Å²) in [6, 6.07) is 13.8. The number of rotatable bonds is 6. The van der Waals surface area contributed by atoms with Gasteiger partial charge in [0.25, 0.3) is 0 Å². The van der Waals surface area contributed by atoms with Crippen LogP contribution in [0.3, 0.4) is 0 Å². The highest BCUT2D eigenvalue weighted by atomic mass is 32.1. The highest BCUT2D eigenvalue weighted by Crippen LogP contribution is 2.37. The van der Waals surface area contributed by atoms with E-state index in [1.807, 2.05) is 13.0 Å². The van der Waals surface area contributed by atoms with Crippen LogP contribution in [0.5, 0.6) is 11.5 Å². The minimum Gasteiger partial charge on any atom is -0.497 e. The fourth-order valence-corrected chi connectivity index (χ4v) is 4.60. The van der Waals surface area contributed by atoms with E-state index in [-0.39, 0.29) is 5.91 Å². The summed E-state index contributed by atoms with van der Waals surface area (Å²) in [5.74, 6) is 1.27. The van der Waals surface area contributed by atoms with E-state index in [0.29, 0.717) is 17.2 Å². The van der Waals surface area contributed by atoms with E-state index >= 15 is 0 Å². The number of carbonyl (C=O) groups is 1. The molecule has 3 aromatic rings. The van der Waals surface area contributed by atoms with Crippen LogP contribution in [0.25, 0.3) is 10.1 Å². The highest BCUT2D eigenvalue weighted by molar-refractivity contribution is 7.17. The molecule has 1 aromatic heterocycles. The van der Waals surface area contributed by atoms with Crippen LogP contribution >= 0.6 is 11.3 Å². The van der Waals surface area contributed by atoms with E-state index in [0.717, 1.165) is 19.5 Å². The first-order valence-corrected chi connectivity index (χ1v) is 10.2. The summed E-state index contributed by atoms with van der Waals surface area (Å²) in [7, 11) is 3.20. The van der Waals surface area contributed by atoms with Crippen LogP contribution in [0.1, 0.15) is 18.9 Å². The zero-order valence-electron chi connectivity index (χ0n) is 16.3. The van der Waals surface area contributed by atoms with Gasteiger partial charge >= 0.3 is 0 Å². The van der Waals surface area contributed by atoms with Crippen LogP contribution in [-0.2, 0) is 11.3 Å². The molecule has 2 heterocycles. The smallest absolute Gasteiger partial charge is 0.244 e. The van der Waals surface area contributed by atoms with Crippen LogP contribution in [0.4, 0.5) is 5.69 Å². The second-order valence-electron chi connectivity index (χ2n) is 7.22. The quantitative estimate of drug-likeness (QED) is 0.665. The number of hydrogen-bond donors (Lipinski definition) is 1. The summed E-state index contributed by atoms with van der Waals surface area (Å²) >= 11 is 1.75. The third kappa shape index (κ3) is 3.23. The number of carbonyl (C=O) groups excluding carboxylic acids is 1. The van der Waals surface area contributed by atoms with Crippen molar-refractivity contribution in [3.63, 3.8) is 0 Å². The van der Waals surface area contributed by atoms with Crippen molar-refractivity contribution in [3.05, 3.63) is 53.4 Å². The number of nitrogens with one attached hydrogen (secondary N) is 1. The summed E-state index contributed by atoms with van der Waals surface area (Å²) < 4.78 is 11.9. The van der Waals surface area contributed by atoms with Gasteiger partial charge in [0.15, 0.2) is 0 Å². The van der Waals surface area contributed by atoms with E-state index in [1.54, 1.807) is 37.7 Å². The largest absolute Gasteiger partial charge is 0.497 e. The number of hydrogen-bond acceptors (Lipinski definition) is 5. The fraction of sp³-hybridized carbons (Fsp3) is 0.318. The Bertz CT molecular complexity index is 1020. The molecule has 1 N–H and O–H groups in total. The Balaban J connectivity index is 1.53. The molecule has 1 amide bonds. The fourth-order valence-electron chi connectivity index (χ4n) is 3.65. The number of thiophene rings is 1. The van der Waals surface area contributed by atoms with Crippen molar-refractivity contribution in [1.29, 1.82) is 0 Å². The second-order valence-corrected chi connectivity index (χ2v) is 8.13. The van der Waals surface area contributed by atoms with Gasteiger partial charge in [-0.15, -0.1) is 11.3 Å². The summed E-state index contributed by atoms with van der Waals surface area (Å²) in [4.78, 5) is 15.4. The molecule has 1 unspecified atom stereocenters. The zero-order chi connectivity index (χ0) is 19.7. The Labute approximate surface area is 168 Å². The van der Waals surface area contributed by atoms with Crippen molar-refractivity contribution < 1.29 is 14.3 Å². The maximum atomic E-state index is 13.1. The molecule has 6 heteroatoms. The summed E-state index contributed by atoms with van der Waals surface area (Å²) in [6.45, 7) is 3.68. The molecule has 0 saturated carbocycles. The molecule has 1 atom stereocenters. The van der Waals surface area contributed by atoms with E-state index in [9.17, 15) is 4.79 Å². The van der Waals surface area contributed by atoms with Gasteiger partial charge in [-0.25, -0.2) is 0 Å². The molecule has 5 nitrogen and oxygen atoms in total. The molecule has 1 fully saturated rings. The average Bonchev–Trinajstić information content (AvgIpc) is 3.13. The van der Waals surface area contributed by atoms with Gasteiger partial charge < -0.3 is 14.8 Å². The number of anilines is 1. The maximum Gasteiger partial charge on any atom is 0.244 e. The predicted molar refractivity (Wildman–Crippen MR) is 113 cm³/mol. The standard InChI is InChI=1S/C22H24N2O3S/c1-22(21(25)23-18-12-16(26-2)8-9-19(18)27-3)10-11-24(22)13-15-14-28-20-7-5-4-6-17(15)20/h4-9,12,14H,10-11,13H2,1-3H3,(H,23,25). The number of nitrogens with zero attached hydrogens (tertiary/aromatic N) is 1. The van der Waals surface area contributed by atoms with Gasteiger partial charge in [-0.1, -0.05) is 18.2 Å². The molecule has 2 aromatic carbocycles. The molecular weight excluding hydrogens is 372 g/mol. The van der Waals surface area contributed by atoms with E-state index < -0.39 is 5.54 Å². The molecule has 1 saturated heterocycles. The number of benzene rings is 2. The highest BCUT2D eigenvalue weighted by Gasteiger charge is 2.47. The number of likely N-dealkylation sites (tertiary alicyclic amines) is 1. The maximum absolute atomic E-state index is 13.1. The molecule has 0 aliphatic carbocycles. The molecule has 1 aliphatic rings. The monoisotopic (exact) mass is 396 g/mol. The number of amides is 1. The van der Waals surface area contributed by atoms with Crippen LogP contribution < -0.4 is 14.8 Å². The lowest BCUT2D eigenvalue weighted by atomic mass is 9.85. The van der Waals surface area contributed by atoms with E-state index in [1.165, 1.54) is 15.6 Å². The van der Waals surface area contributed by atoms with Crippen molar-refractivity contribution in [2.75, 3.05) is 26.1 Å². The Morgan fingerprint density at radius 3 is 2.75 bits per heavy atom. The number of methoxy groups -OCH3 is 2. The normalized spacial score (nSPS) is 19.2. The second kappa shape index (κ2) is 7.45. The SMILES string of the molecule is COc1ccc(OC)c(NC(=O)C2(C)CCN2Cc2csc3ccccc23)c1. The molecule has 0 bridgehead atoms. The molecule has 28 heavy (non-hydrogen) atoms. The van der Waals surface area contributed by atoms with Crippen LogP contribution in [0.15, 0.2) is 47.8 Å². The summed E-state index contributed by atoms with van der Waals surface area (Å²) in [6.07, 6.45) is 0.827. The summed E-state index contributed by atoms with van der Waals surface area (Å²) in [5.41, 5.74) is 1.36. The molecule has 146 valence electrons. The van der Waals surface area contributed by atoms with E-state index in [4.69, 9.17) is 9.47 Å². The van der Waals surface area contributed by atoms with Gasteiger partial charge in [-0.3, -0.25) is 9.69 Å². The zero-order valence-corrected chi connectivity index (χ0v) is 17.1. The third-order valence-electron chi connectivity index (χ3n) is 5.63. The Kier molecular flexibility index (Phi) is 5.00. The first kappa shape index (κ1) is 18.8. The van der Waals surface area contributed by atoms with Gasteiger partial charge in [-0.05, 0) is 47.9 Å². The lowest BCUT2D eigenvalue weighted by Crippen LogP contribution is -2.63. The molecular formula is C22H24N2O3S. The topological polar surface area (TPSA) is 50.8 Å². The molecule has 0 spiro atoms. The predicted octanol–water partition coefficient (Wildman–Crippen LogP) is 4.52. The van der Waals surface area contributed by atoms with Gasteiger partial charge in [0.2, 0.25) is 5.91 Å². The average molecular weight is 397 g/mol. The van der Waals surface area contributed by atoms with Crippen LogP contribution in [0, 0.1) is 0 Å². The Morgan fingerprint density at radius 2 is 2.04 bits per heavy atom. The van der Waals surface area contributed by atoms with Crippen LogP contribution in [0.2, 0.25) is 0 Å². The molecule has 4 rings (SSSR count). The first-order chi connectivity index (χ1) is 13.5. The number of ether oxygens (including phenoxy) is 2. The van der Waals surface area contributed by atoms with Gasteiger partial charge in [0.1, 0.15) is 11.5 Å². The van der Waals surface area contributed by atoms with Crippen LogP contribution in [-0.4, -0.2) is 37.1 Å². The molecule has 1 aliphatic heterocycles. The first-order valence-electron chi connectivity index (χ1n) is 9.29. The Hall–Kier alpha value is -2.57. The van der Waals surface area contributed by atoms with Gasteiger partial charge in [0, 0.05) is 23.9 Å². The Morgan fingerprint density at radius 1 is 1.21 bits per heavy atom. The minimum absolute atomic E-state index is 0.0233. The lowest BCUT2D eigenvalue weighted by Gasteiger charge is -2.49. The van der Waals surface area contributed by atoms with Crippen molar-refractivity contribution in [2.24, 2.45) is 0 Å². The molecule has 0 radical (unpaired) electrons. The summed E-state index contributed by atoms with van der Waals surface area (Å²) in [5, 5.41) is 6.52. The number of fused-ring (bicyclic) bond motifs is 1. The van der Waals surface area contributed by atoms with Crippen molar-refractivity contribution in [1.82, 2.24) is 4.90 Å². The lowest BCUT2D eigenvalue weighted by molar-refractivity contribution is -0.136. The van der Waals surface area contributed by atoms with E-state index in [2.05, 4.69) is 39.9 Å².